The van der Waals surface area contributed by atoms with E-state index in [0.717, 1.165) is 23.5 Å². The van der Waals surface area contributed by atoms with Crippen LogP contribution >= 0.6 is 11.8 Å². The normalized spacial score (nSPS) is 18.2. The van der Waals surface area contributed by atoms with Gasteiger partial charge in [-0.2, -0.15) is 11.8 Å². The fourth-order valence-electron chi connectivity index (χ4n) is 2.13. The Kier molecular flexibility index (Phi) is 5.73. The van der Waals surface area contributed by atoms with Gasteiger partial charge in [-0.05, 0) is 36.9 Å². The van der Waals surface area contributed by atoms with E-state index in [2.05, 4.69) is 4.90 Å². The number of methoxy groups -OCH3 is 1. The van der Waals surface area contributed by atoms with E-state index >= 15 is 0 Å². The van der Waals surface area contributed by atoms with Crippen molar-refractivity contribution in [2.45, 2.75) is 19.1 Å². The van der Waals surface area contributed by atoms with Crippen LogP contribution in [0.25, 0.3) is 0 Å². The van der Waals surface area contributed by atoms with Gasteiger partial charge in [0, 0.05) is 11.8 Å². The van der Waals surface area contributed by atoms with Crippen molar-refractivity contribution >= 4 is 17.7 Å². The Morgan fingerprint density at radius 1 is 1.40 bits per heavy atom. The monoisotopic (exact) mass is 295 g/mol. The fraction of sp³-hybridized carbons (Fsp3) is 0.533. The average molecular weight is 295 g/mol. The first-order valence-corrected chi connectivity index (χ1v) is 7.91. The molecule has 110 valence electrons. The molecule has 1 fully saturated rings. The Bertz CT molecular complexity index is 429. The van der Waals surface area contributed by atoms with Crippen LogP contribution in [-0.4, -0.2) is 49.1 Å². The maximum atomic E-state index is 11.8. The van der Waals surface area contributed by atoms with Gasteiger partial charge in [0.1, 0.15) is 12.4 Å². The Morgan fingerprint density at radius 2 is 2.15 bits per heavy atom. The van der Waals surface area contributed by atoms with Gasteiger partial charge in [0.25, 0.3) is 0 Å². The molecule has 1 aliphatic rings. The zero-order chi connectivity index (χ0) is 14.4. The highest BCUT2D eigenvalue weighted by molar-refractivity contribution is 7.99. The Hall–Kier alpha value is -1.20. The minimum atomic E-state index is -0.166. The molecule has 5 heteroatoms. The van der Waals surface area contributed by atoms with Crippen molar-refractivity contribution in [1.82, 2.24) is 4.90 Å². The highest BCUT2D eigenvalue weighted by Crippen LogP contribution is 2.21. The molecule has 1 heterocycles. The second kappa shape index (κ2) is 7.55. The maximum Gasteiger partial charge on any atom is 0.320 e. The van der Waals surface area contributed by atoms with Crippen LogP contribution in [0.2, 0.25) is 0 Å². The van der Waals surface area contributed by atoms with E-state index < -0.39 is 0 Å². The number of thioether (sulfide) groups is 1. The summed E-state index contributed by atoms with van der Waals surface area (Å²) in [5, 5.41) is 0. The molecule has 0 bridgehead atoms. The van der Waals surface area contributed by atoms with Crippen LogP contribution in [0, 0.1) is 0 Å². The molecule has 0 amide bonds. The van der Waals surface area contributed by atoms with Crippen LogP contribution in [-0.2, 0) is 16.1 Å². The number of likely N-dealkylation sites (N-methyl/N-ethyl adjacent to an activating group) is 1. The smallest absolute Gasteiger partial charge is 0.320 e. The summed E-state index contributed by atoms with van der Waals surface area (Å²) in [5.74, 6) is 2.94. The van der Waals surface area contributed by atoms with Gasteiger partial charge in [-0.1, -0.05) is 12.1 Å². The van der Waals surface area contributed by atoms with Crippen molar-refractivity contribution in [3.8, 4) is 5.75 Å². The number of hydrogen-bond donors (Lipinski definition) is 0. The first kappa shape index (κ1) is 15.2. The minimum absolute atomic E-state index is 0.166. The van der Waals surface area contributed by atoms with Gasteiger partial charge < -0.3 is 9.47 Å². The van der Waals surface area contributed by atoms with Crippen LogP contribution < -0.4 is 4.74 Å². The maximum absolute atomic E-state index is 11.8. The van der Waals surface area contributed by atoms with Crippen LogP contribution in [0.4, 0.5) is 0 Å². The van der Waals surface area contributed by atoms with E-state index in [9.17, 15) is 4.79 Å². The van der Waals surface area contributed by atoms with Crippen molar-refractivity contribution in [3.05, 3.63) is 29.8 Å². The van der Waals surface area contributed by atoms with Crippen molar-refractivity contribution in [2.75, 3.05) is 32.2 Å². The molecule has 4 nitrogen and oxygen atoms in total. The largest absolute Gasteiger partial charge is 0.497 e. The highest BCUT2D eigenvalue weighted by atomic mass is 32.2. The van der Waals surface area contributed by atoms with Gasteiger partial charge in [0.05, 0.1) is 13.7 Å². The molecule has 0 saturated carbocycles. The van der Waals surface area contributed by atoms with Gasteiger partial charge >= 0.3 is 5.97 Å². The first-order chi connectivity index (χ1) is 9.69. The number of rotatable bonds is 6. The number of hydrogen-bond acceptors (Lipinski definition) is 5. The summed E-state index contributed by atoms with van der Waals surface area (Å²) >= 11 is 1.95. The molecule has 1 aromatic carbocycles. The van der Waals surface area contributed by atoms with E-state index in [1.165, 1.54) is 5.75 Å². The molecule has 1 aromatic rings. The molecular formula is C15H21NO3S. The van der Waals surface area contributed by atoms with Crippen LogP contribution in [0.5, 0.6) is 5.75 Å². The molecule has 1 unspecified atom stereocenters. The second-order valence-corrected chi connectivity index (χ2v) is 6.09. The Morgan fingerprint density at radius 3 is 2.75 bits per heavy atom. The molecule has 1 aliphatic heterocycles. The predicted octanol–water partition coefficient (Wildman–Crippen LogP) is 2.18. The van der Waals surface area contributed by atoms with Crippen molar-refractivity contribution in [2.24, 2.45) is 0 Å². The number of ether oxygens (including phenoxy) is 2. The summed E-state index contributed by atoms with van der Waals surface area (Å²) in [7, 11) is 3.62. The first-order valence-electron chi connectivity index (χ1n) is 6.75. The SMILES string of the molecule is COc1ccc(COC(=O)CN(C)C2CCSC2)cc1. The standard InChI is InChI=1S/C15H21NO3S/c1-16(13-7-8-20-11-13)9-15(17)19-10-12-3-5-14(18-2)6-4-12/h3-6,13H,7-11H2,1-2H3. The summed E-state index contributed by atoms with van der Waals surface area (Å²) < 4.78 is 10.4. The van der Waals surface area contributed by atoms with Crippen molar-refractivity contribution in [3.63, 3.8) is 0 Å². The molecule has 0 radical (unpaired) electrons. The van der Waals surface area contributed by atoms with Gasteiger partial charge in [-0.25, -0.2) is 0 Å². The summed E-state index contributed by atoms with van der Waals surface area (Å²) in [4.78, 5) is 13.9. The Labute approximate surface area is 124 Å². The lowest BCUT2D eigenvalue weighted by Crippen LogP contribution is -2.36. The third-order valence-corrected chi connectivity index (χ3v) is 4.61. The number of benzene rings is 1. The number of nitrogens with zero attached hydrogens (tertiary/aromatic N) is 1. The van der Waals surface area contributed by atoms with E-state index in [-0.39, 0.29) is 5.97 Å². The zero-order valence-corrected chi connectivity index (χ0v) is 12.8. The average Bonchev–Trinajstić information content (AvgIpc) is 3.00. The molecular weight excluding hydrogens is 274 g/mol. The van der Waals surface area contributed by atoms with Crippen molar-refractivity contribution < 1.29 is 14.3 Å². The number of carbonyl (C=O) groups excluding carboxylic acids is 1. The molecule has 0 aromatic heterocycles. The van der Waals surface area contributed by atoms with E-state index in [0.29, 0.717) is 19.2 Å². The van der Waals surface area contributed by atoms with Gasteiger partial charge in [0.2, 0.25) is 0 Å². The predicted molar refractivity (Wildman–Crippen MR) is 81.2 cm³/mol. The quantitative estimate of drug-likeness (QED) is 0.752. The molecule has 0 spiro atoms. The van der Waals surface area contributed by atoms with Gasteiger partial charge in [0.15, 0.2) is 0 Å². The fourth-order valence-corrected chi connectivity index (χ4v) is 3.43. The second-order valence-electron chi connectivity index (χ2n) is 4.94. The molecule has 1 atom stereocenters. The molecule has 1 saturated heterocycles. The van der Waals surface area contributed by atoms with E-state index in [4.69, 9.17) is 9.47 Å². The highest BCUT2D eigenvalue weighted by Gasteiger charge is 2.22. The summed E-state index contributed by atoms with van der Waals surface area (Å²) in [6.07, 6.45) is 1.16. The molecule has 0 N–H and O–H groups in total. The number of esters is 1. The Balaban J connectivity index is 1.73. The number of carbonyl (C=O) groups is 1. The minimum Gasteiger partial charge on any atom is -0.497 e. The summed E-state index contributed by atoms with van der Waals surface area (Å²) in [6.45, 7) is 0.678. The van der Waals surface area contributed by atoms with Crippen LogP contribution in [0.3, 0.4) is 0 Å². The molecule has 20 heavy (non-hydrogen) atoms. The van der Waals surface area contributed by atoms with E-state index in [1.807, 2.05) is 43.1 Å². The van der Waals surface area contributed by atoms with Crippen LogP contribution in [0.15, 0.2) is 24.3 Å². The zero-order valence-electron chi connectivity index (χ0n) is 12.0. The third-order valence-electron chi connectivity index (χ3n) is 3.47. The molecule has 0 aliphatic carbocycles. The van der Waals surface area contributed by atoms with Crippen molar-refractivity contribution in [1.29, 1.82) is 0 Å². The lowest BCUT2D eigenvalue weighted by Gasteiger charge is -2.22. The van der Waals surface area contributed by atoms with Gasteiger partial charge in [-0.3, -0.25) is 9.69 Å². The van der Waals surface area contributed by atoms with Gasteiger partial charge in [-0.15, -0.1) is 0 Å². The van der Waals surface area contributed by atoms with Crippen LogP contribution in [0.1, 0.15) is 12.0 Å². The topological polar surface area (TPSA) is 38.8 Å². The molecule has 2 rings (SSSR count). The summed E-state index contributed by atoms with van der Waals surface area (Å²) in [6, 6.07) is 8.05. The lowest BCUT2D eigenvalue weighted by atomic mass is 10.2. The lowest BCUT2D eigenvalue weighted by molar-refractivity contribution is -0.146. The van der Waals surface area contributed by atoms with E-state index in [1.54, 1.807) is 7.11 Å². The summed E-state index contributed by atoms with van der Waals surface area (Å²) in [5.41, 5.74) is 0.971. The third kappa shape index (κ3) is 4.42.